The average Bonchev–Trinajstić information content (AvgIpc) is 2.75. The van der Waals surface area contributed by atoms with Gasteiger partial charge in [-0.05, 0) is 24.7 Å². The molecular weight excluding hydrogens is 258 g/mol. The highest BCUT2D eigenvalue weighted by Gasteiger charge is 2.04. The molecular formula is C11H12ClN3OS. The molecule has 0 bridgehead atoms. The Morgan fingerprint density at radius 3 is 2.88 bits per heavy atom. The van der Waals surface area contributed by atoms with Crippen molar-refractivity contribution in [3.8, 4) is 5.75 Å². The molecule has 0 fully saturated rings. The van der Waals surface area contributed by atoms with E-state index in [4.69, 9.17) is 22.1 Å². The van der Waals surface area contributed by atoms with E-state index < -0.39 is 0 Å². The van der Waals surface area contributed by atoms with Gasteiger partial charge in [-0.15, -0.1) is 10.2 Å². The van der Waals surface area contributed by atoms with Crippen molar-refractivity contribution in [3.05, 3.63) is 39.3 Å². The fourth-order valence-corrected chi connectivity index (χ4v) is 2.23. The lowest BCUT2D eigenvalue weighted by molar-refractivity contribution is 0.304. The minimum atomic E-state index is 0.405. The number of benzene rings is 1. The maximum absolute atomic E-state index is 5.85. The van der Waals surface area contributed by atoms with Crippen molar-refractivity contribution in [2.75, 3.05) is 6.54 Å². The minimum absolute atomic E-state index is 0.405. The molecule has 0 aliphatic carbocycles. The summed E-state index contributed by atoms with van der Waals surface area (Å²) in [5, 5.41) is 10.5. The Kier molecular flexibility index (Phi) is 4.30. The molecule has 90 valence electrons. The van der Waals surface area contributed by atoms with E-state index in [1.54, 1.807) is 12.1 Å². The van der Waals surface area contributed by atoms with E-state index in [0.29, 0.717) is 18.2 Å². The van der Waals surface area contributed by atoms with Gasteiger partial charge in [-0.25, -0.2) is 0 Å². The summed E-state index contributed by atoms with van der Waals surface area (Å²) in [6.07, 6.45) is 0.759. The topological polar surface area (TPSA) is 61.0 Å². The first kappa shape index (κ1) is 12.3. The van der Waals surface area contributed by atoms with Crippen LogP contribution in [0.25, 0.3) is 0 Å². The predicted octanol–water partition coefficient (Wildman–Crippen LogP) is 2.27. The first-order valence-electron chi connectivity index (χ1n) is 5.17. The summed E-state index contributed by atoms with van der Waals surface area (Å²) in [5.41, 5.74) is 5.44. The predicted molar refractivity (Wildman–Crippen MR) is 68.5 cm³/mol. The van der Waals surface area contributed by atoms with E-state index in [2.05, 4.69) is 10.2 Å². The van der Waals surface area contributed by atoms with Crippen LogP contribution in [0.5, 0.6) is 5.75 Å². The molecule has 0 atom stereocenters. The number of hydrogen-bond acceptors (Lipinski definition) is 5. The van der Waals surface area contributed by atoms with Crippen LogP contribution in [-0.2, 0) is 13.0 Å². The van der Waals surface area contributed by atoms with Crippen molar-refractivity contribution in [1.82, 2.24) is 10.2 Å². The van der Waals surface area contributed by atoms with Crippen LogP contribution in [0.1, 0.15) is 10.0 Å². The normalized spacial score (nSPS) is 10.5. The number of ether oxygens (including phenoxy) is 1. The van der Waals surface area contributed by atoms with Gasteiger partial charge in [0, 0.05) is 11.4 Å². The highest BCUT2D eigenvalue weighted by Crippen LogP contribution is 2.19. The highest BCUT2D eigenvalue weighted by atomic mass is 35.5. The number of halogens is 1. The molecule has 17 heavy (non-hydrogen) atoms. The van der Waals surface area contributed by atoms with Crippen LogP contribution in [0.3, 0.4) is 0 Å². The average molecular weight is 270 g/mol. The maximum Gasteiger partial charge on any atom is 0.155 e. The lowest BCUT2D eigenvalue weighted by Gasteiger charge is -2.03. The van der Waals surface area contributed by atoms with Crippen molar-refractivity contribution < 1.29 is 4.74 Å². The summed E-state index contributed by atoms with van der Waals surface area (Å²) in [4.78, 5) is 0. The molecule has 4 nitrogen and oxygen atoms in total. The molecule has 1 heterocycles. The van der Waals surface area contributed by atoms with Crippen LogP contribution in [0.4, 0.5) is 0 Å². The number of hydrogen-bond donors (Lipinski definition) is 1. The van der Waals surface area contributed by atoms with Gasteiger partial charge in [0.25, 0.3) is 0 Å². The molecule has 6 heteroatoms. The van der Waals surface area contributed by atoms with Gasteiger partial charge in [-0.2, -0.15) is 0 Å². The van der Waals surface area contributed by atoms with Gasteiger partial charge in [0.2, 0.25) is 0 Å². The zero-order valence-corrected chi connectivity index (χ0v) is 10.7. The third kappa shape index (κ3) is 3.66. The molecule has 0 unspecified atom stereocenters. The Balaban J connectivity index is 1.93. The standard InChI is InChI=1S/C11H12ClN3OS/c12-8-2-1-3-9(6-8)16-7-11-15-14-10(17-11)4-5-13/h1-3,6H,4-5,7,13H2. The molecule has 1 aromatic carbocycles. The van der Waals surface area contributed by atoms with Crippen LogP contribution in [-0.4, -0.2) is 16.7 Å². The first-order valence-corrected chi connectivity index (χ1v) is 6.37. The Hall–Kier alpha value is -1.17. The van der Waals surface area contributed by atoms with Gasteiger partial charge in [0.15, 0.2) is 5.01 Å². The van der Waals surface area contributed by atoms with Gasteiger partial charge >= 0.3 is 0 Å². The van der Waals surface area contributed by atoms with Gasteiger partial charge in [0.1, 0.15) is 17.4 Å². The highest BCUT2D eigenvalue weighted by molar-refractivity contribution is 7.11. The second-order valence-corrected chi connectivity index (χ2v) is 4.96. The van der Waals surface area contributed by atoms with E-state index in [9.17, 15) is 0 Å². The summed E-state index contributed by atoms with van der Waals surface area (Å²) in [6.45, 7) is 0.992. The number of nitrogens with zero attached hydrogens (tertiary/aromatic N) is 2. The smallest absolute Gasteiger partial charge is 0.155 e. The zero-order chi connectivity index (χ0) is 12.1. The Labute approximate surface area is 108 Å². The molecule has 0 radical (unpaired) electrons. The van der Waals surface area contributed by atoms with Gasteiger partial charge < -0.3 is 10.5 Å². The van der Waals surface area contributed by atoms with E-state index in [0.717, 1.165) is 22.2 Å². The Morgan fingerprint density at radius 2 is 2.12 bits per heavy atom. The molecule has 0 saturated carbocycles. The third-order valence-electron chi connectivity index (χ3n) is 2.03. The second-order valence-electron chi connectivity index (χ2n) is 3.37. The fraction of sp³-hybridized carbons (Fsp3) is 0.273. The van der Waals surface area contributed by atoms with Crippen LogP contribution in [0.15, 0.2) is 24.3 Å². The molecule has 2 aromatic rings. The molecule has 0 amide bonds. The van der Waals surface area contributed by atoms with Crippen molar-refractivity contribution in [3.63, 3.8) is 0 Å². The van der Waals surface area contributed by atoms with E-state index in [-0.39, 0.29) is 0 Å². The van der Waals surface area contributed by atoms with Crippen molar-refractivity contribution in [2.45, 2.75) is 13.0 Å². The Morgan fingerprint density at radius 1 is 1.29 bits per heavy atom. The van der Waals surface area contributed by atoms with E-state index in [1.165, 1.54) is 11.3 Å². The molecule has 1 aromatic heterocycles. The maximum atomic E-state index is 5.85. The second kappa shape index (κ2) is 5.95. The minimum Gasteiger partial charge on any atom is -0.486 e. The summed E-state index contributed by atoms with van der Waals surface area (Å²) < 4.78 is 5.56. The van der Waals surface area contributed by atoms with Gasteiger partial charge in [-0.3, -0.25) is 0 Å². The summed E-state index contributed by atoms with van der Waals surface area (Å²) >= 11 is 7.37. The lowest BCUT2D eigenvalue weighted by Crippen LogP contribution is -2.01. The lowest BCUT2D eigenvalue weighted by atomic mass is 10.3. The Bertz CT molecular complexity index is 489. The third-order valence-corrected chi connectivity index (χ3v) is 3.22. The van der Waals surface area contributed by atoms with Crippen molar-refractivity contribution in [1.29, 1.82) is 0 Å². The van der Waals surface area contributed by atoms with E-state index >= 15 is 0 Å². The number of rotatable bonds is 5. The van der Waals surface area contributed by atoms with Crippen molar-refractivity contribution >= 4 is 22.9 Å². The molecule has 0 aliphatic rings. The van der Waals surface area contributed by atoms with Crippen molar-refractivity contribution in [2.24, 2.45) is 5.73 Å². The molecule has 0 aliphatic heterocycles. The molecule has 2 N–H and O–H groups in total. The van der Waals surface area contributed by atoms with Crippen LogP contribution < -0.4 is 10.5 Å². The summed E-state index contributed by atoms with van der Waals surface area (Å²) in [7, 11) is 0. The van der Waals surface area contributed by atoms with Crippen LogP contribution in [0, 0.1) is 0 Å². The van der Waals surface area contributed by atoms with Gasteiger partial charge in [0.05, 0.1) is 0 Å². The molecule has 2 rings (SSSR count). The van der Waals surface area contributed by atoms with Gasteiger partial charge in [-0.1, -0.05) is 29.0 Å². The largest absolute Gasteiger partial charge is 0.486 e. The zero-order valence-electron chi connectivity index (χ0n) is 9.10. The first-order chi connectivity index (χ1) is 8.28. The number of aromatic nitrogens is 2. The van der Waals surface area contributed by atoms with Crippen LogP contribution >= 0.6 is 22.9 Å². The fourth-order valence-electron chi connectivity index (χ4n) is 1.27. The monoisotopic (exact) mass is 269 g/mol. The van der Waals surface area contributed by atoms with Crippen LogP contribution in [0.2, 0.25) is 5.02 Å². The quantitative estimate of drug-likeness (QED) is 0.905. The number of nitrogens with two attached hydrogens (primary N) is 1. The summed E-state index contributed by atoms with van der Waals surface area (Å²) in [5.74, 6) is 0.730. The van der Waals surface area contributed by atoms with E-state index in [1.807, 2.05) is 12.1 Å². The SMILES string of the molecule is NCCc1nnc(COc2cccc(Cl)c2)s1. The molecule has 0 spiro atoms. The summed E-state index contributed by atoms with van der Waals surface area (Å²) in [6, 6.07) is 7.27. The molecule has 0 saturated heterocycles.